The Morgan fingerprint density at radius 1 is 1.06 bits per heavy atom. The molecule has 0 aliphatic heterocycles. The van der Waals surface area contributed by atoms with Gasteiger partial charge in [-0.3, -0.25) is 0 Å². The van der Waals surface area contributed by atoms with Crippen molar-refractivity contribution in [1.82, 2.24) is 0 Å². The molecule has 0 radical (unpaired) electrons. The van der Waals surface area contributed by atoms with Crippen LogP contribution in [0.15, 0.2) is 18.2 Å². The first-order valence-electron chi connectivity index (χ1n) is 7.33. The van der Waals surface area contributed by atoms with Crippen molar-refractivity contribution in [2.24, 2.45) is 5.92 Å². The number of rotatable bonds is 7. The average molecular weight is 248 g/mol. The Morgan fingerprint density at radius 3 is 2.17 bits per heavy atom. The molecule has 102 valence electrons. The van der Waals surface area contributed by atoms with Crippen molar-refractivity contribution >= 4 is 0 Å². The fourth-order valence-electron chi connectivity index (χ4n) is 2.64. The zero-order valence-corrected chi connectivity index (χ0v) is 12.4. The predicted molar refractivity (Wildman–Crippen MR) is 78.8 cm³/mol. The molecule has 1 rings (SSSR count). The van der Waals surface area contributed by atoms with Crippen molar-refractivity contribution in [3.63, 3.8) is 0 Å². The van der Waals surface area contributed by atoms with Gasteiger partial charge in [0.2, 0.25) is 0 Å². The Balaban J connectivity index is 2.65. The third-order valence-corrected chi connectivity index (χ3v) is 3.73. The minimum atomic E-state index is -0.301. The Morgan fingerprint density at radius 2 is 1.67 bits per heavy atom. The molecule has 1 N–H and O–H groups in total. The Bertz CT molecular complexity index is 336. The minimum absolute atomic E-state index is 0.301. The predicted octanol–water partition coefficient (Wildman–Crippen LogP) is 4.94. The Kier molecular flexibility index (Phi) is 6.42. The van der Waals surface area contributed by atoms with Crippen LogP contribution < -0.4 is 0 Å². The van der Waals surface area contributed by atoms with Gasteiger partial charge in [0.25, 0.3) is 0 Å². The molecule has 0 saturated carbocycles. The lowest BCUT2D eigenvalue weighted by Crippen LogP contribution is -2.07. The van der Waals surface area contributed by atoms with E-state index in [0.717, 1.165) is 12.0 Å². The van der Waals surface area contributed by atoms with Gasteiger partial charge in [-0.1, -0.05) is 68.9 Å². The highest BCUT2D eigenvalue weighted by atomic mass is 16.3. The van der Waals surface area contributed by atoms with Crippen LogP contribution in [0.1, 0.15) is 68.7 Å². The number of aryl methyl sites for hydroxylation is 2. The van der Waals surface area contributed by atoms with E-state index >= 15 is 0 Å². The third-order valence-electron chi connectivity index (χ3n) is 3.73. The van der Waals surface area contributed by atoms with E-state index in [1.807, 2.05) is 0 Å². The standard InChI is InChI=1S/C17H28O/c1-5-7-8-15(6-2)12-17(18)16-10-13(3)9-14(4)11-16/h9-11,15,17-18H,5-8,12H2,1-4H3. The van der Waals surface area contributed by atoms with E-state index in [9.17, 15) is 5.11 Å². The molecule has 0 aliphatic carbocycles. The average Bonchev–Trinajstić information content (AvgIpc) is 2.32. The highest BCUT2D eigenvalue weighted by molar-refractivity contribution is 5.29. The topological polar surface area (TPSA) is 20.2 Å². The van der Waals surface area contributed by atoms with Gasteiger partial charge in [0.1, 0.15) is 0 Å². The number of unbranched alkanes of at least 4 members (excludes halogenated alkanes) is 1. The molecule has 2 unspecified atom stereocenters. The van der Waals surface area contributed by atoms with Crippen LogP contribution >= 0.6 is 0 Å². The molecule has 0 spiro atoms. The molecule has 0 heterocycles. The number of hydrogen-bond acceptors (Lipinski definition) is 1. The first-order chi connectivity index (χ1) is 8.56. The van der Waals surface area contributed by atoms with E-state index in [2.05, 4.69) is 45.9 Å². The largest absolute Gasteiger partial charge is 0.388 e. The molecule has 0 fully saturated rings. The van der Waals surface area contributed by atoms with E-state index in [0.29, 0.717) is 5.92 Å². The Hall–Kier alpha value is -0.820. The highest BCUT2D eigenvalue weighted by Crippen LogP contribution is 2.27. The second-order valence-corrected chi connectivity index (χ2v) is 5.59. The first kappa shape index (κ1) is 15.2. The fourth-order valence-corrected chi connectivity index (χ4v) is 2.64. The lowest BCUT2D eigenvalue weighted by molar-refractivity contribution is 0.139. The summed E-state index contributed by atoms with van der Waals surface area (Å²) in [5.41, 5.74) is 3.57. The molecule has 1 heteroatoms. The van der Waals surface area contributed by atoms with E-state index in [4.69, 9.17) is 0 Å². The third kappa shape index (κ3) is 4.81. The molecule has 1 nitrogen and oxygen atoms in total. The SMILES string of the molecule is CCCCC(CC)CC(O)c1cc(C)cc(C)c1. The second kappa shape index (κ2) is 7.58. The highest BCUT2D eigenvalue weighted by Gasteiger charge is 2.14. The molecule has 0 aliphatic rings. The van der Waals surface area contributed by atoms with Gasteiger partial charge >= 0.3 is 0 Å². The van der Waals surface area contributed by atoms with Crippen molar-refractivity contribution in [3.05, 3.63) is 34.9 Å². The molecule has 18 heavy (non-hydrogen) atoms. The quantitative estimate of drug-likeness (QED) is 0.724. The summed E-state index contributed by atoms with van der Waals surface area (Å²) >= 11 is 0. The summed E-state index contributed by atoms with van der Waals surface area (Å²) in [4.78, 5) is 0. The van der Waals surface area contributed by atoms with E-state index in [-0.39, 0.29) is 6.10 Å². The van der Waals surface area contributed by atoms with Gasteiger partial charge in [0.05, 0.1) is 6.10 Å². The van der Waals surface area contributed by atoms with Crippen LogP contribution in [-0.4, -0.2) is 5.11 Å². The van der Waals surface area contributed by atoms with Gasteiger partial charge in [-0.2, -0.15) is 0 Å². The lowest BCUT2D eigenvalue weighted by atomic mass is 9.90. The van der Waals surface area contributed by atoms with Crippen molar-refractivity contribution in [1.29, 1.82) is 0 Å². The van der Waals surface area contributed by atoms with Gasteiger partial charge in [0, 0.05) is 0 Å². The summed E-state index contributed by atoms with van der Waals surface area (Å²) in [6.45, 7) is 8.65. The number of hydrogen-bond donors (Lipinski definition) is 1. The van der Waals surface area contributed by atoms with Gasteiger partial charge < -0.3 is 5.11 Å². The maximum atomic E-state index is 10.4. The van der Waals surface area contributed by atoms with Crippen molar-refractivity contribution in [2.45, 2.75) is 65.9 Å². The van der Waals surface area contributed by atoms with Crippen molar-refractivity contribution in [3.8, 4) is 0 Å². The zero-order chi connectivity index (χ0) is 13.5. The summed E-state index contributed by atoms with van der Waals surface area (Å²) in [6, 6.07) is 6.39. The molecule has 1 aromatic rings. The summed E-state index contributed by atoms with van der Waals surface area (Å²) < 4.78 is 0. The van der Waals surface area contributed by atoms with Crippen LogP contribution in [0.5, 0.6) is 0 Å². The van der Waals surface area contributed by atoms with Gasteiger partial charge in [-0.05, 0) is 31.7 Å². The monoisotopic (exact) mass is 248 g/mol. The first-order valence-corrected chi connectivity index (χ1v) is 7.33. The summed E-state index contributed by atoms with van der Waals surface area (Å²) in [6.07, 6.45) is 5.54. The van der Waals surface area contributed by atoms with Crippen LogP contribution in [-0.2, 0) is 0 Å². The Labute approximate surface area is 112 Å². The molecule has 2 atom stereocenters. The molecular weight excluding hydrogens is 220 g/mol. The second-order valence-electron chi connectivity index (χ2n) is 5.59. The van der Waals surface area contributed by atoms with Gasteiger partial charge in [-0.25, -0.2) is 0 Å². The molecule has 0 aromatic heterocycles. The van der Waals surface area contributed by atoms with E-state index in [1.54, 1.807) is 0 Å². The van der Waals surface area contributed by atoms with Crippen LogP contribution in [0.3, 0.4) is 0 Å². The van der Waals surface area contributed by atoms with Gasteiger partial charge in [0.15, 0.2) is 0 Å². The zero-order valence-electron chi connectivity index (χ0n) is 12.4. The number of benzene rings is 1. The van der Waals surface area contributed by atoms with E-state index < -0.39 is 0 Å². The molecule has 0 saturated heterocycles. The normalized spacial score (nSPS) is 14.5. The van der Waals surface area contributed by atoms with Crippen molar-refractivity contribution in [2.75, 3.05) is 0 Å². The smallest absolute Gasteiger partial charge is 0.0792 e. The van der Waals surface area contributed by atoms with Crippen LogP contribution in [0.25, 0.3) is 0 Å². The molecular formula is C17H28O. The number of aliphatic hydroxyl groups excluding tert-OH is 1. The van der Waals surface area contributed by atoms with Crippen LogP contribution in [0.2, 0.25) is 0 Å². The van der Waals surface area contributed by atoms with Crippen LogP contribution in [0, 0.1) is 19.8 Å². The lowest BCUT2D eigenvalue weighted by Gasteiger charge is -2.19. The molecule has 0 amide bonds. The number of aliphatic hydroxyl groups is 1. The van der Waals surface area contributed by atoms with Crippen molar-refractivity contribution < 1.29 is 5.11 Å². The maximum absolute atomic E-state index is 10.4. The van der Waals surface area contributed by atoms with Crippen LogP contribution in [0.4, 0.5) is 0 Å². The maximum Gasteiger partial charge on any atom is 0.0792 e. The van der Waals surface area contributed by atoms with Gasteiger partial charge in [-0.15, -0.1) is 0 Å². The minimum Gasteiger partial charge on any atom is -0.388 e. The summed E-state index contributed by atoms with van der Waals surface area (Å²) in [5, 5.41) is 10.4. The van der Waals surface area contributed by atoms with E-state index in [1.165, 1.54) is 36.8 Å². The fraction of sp³-hybridized carbons (Fsp3) is 0.647. The summed E-state index contributed by atoms with van der Waals surface area (Å²) in [7, 11) is 0. The summed E-state index contributed by atoms with van der Waals surface area (Å²) in [5.74, 6) is 0.653. The molecule has 1 aromatic carbocycles. The molecule has 0 bridgehead atoms.